The molecule has 1 saturated heterocycles. The number of amides is 1. The molecule has 1 unspecified atom stereocenters. The highest BCUT2D eigenvalue weighted by Crippen LogP contribution is 2.44. The van der Waals surface area contributed by atoms with E-state index in [1.54, 1.807) is 25.4 Å². The summed E-state index contributed by atoms with van der Waals surface area (Å²) in [4.78, 5) is 17.9. The van der Waals surface area contributed by atoms with E-state index in [9.17, 15) is 13.6 Å². The molecule has 1 aromatic carbocycles. The van der Waals surface area contributed by atoms with Crippen molar-refractivity contribution < 1.29 is 18.3 Å². The molecule has 1 fully saturated rings. The van der Waals surface area contributed by atoms with Gasteiger partial charge in [-0.1, -0.05) is 6.07 Å². The average Bonchev–Trinajstić information content (AvgIpc) is 3.21. The summed E-state index contributed by atoms with van der Waals surface area (Å²) in [6.45, 7) is 2.83. The smallest absolute Gasteiger partial charge is 0.226 e. The number of halogens is 2. The van der Waals surface area contributed by atoms with Gasteiger partial charge in [0.15, 0.2) is 0 Å². The van der Waals surface area contributed by atoms with E-state index in [1.807, 2.05) is 0 Å². The average molecular weight is 435 g/mol. The van der Waals surface area contributed by atoms with Crippen LogP contribution in [0.2, 0.25) is 0 Å². The summed E-state index contributed by atoms with van der Waals surface area (Å²) >= 11 is 1.77. The second-order valence-electron chi connectivity index (χ2n) is 8.50. The number of hydrogen-bond donors (Lipinski definition) is 0. The fraction of sp³-hybridized carbons (Fsp3) is 0.522. The number of fused-ring (bicyclic) bond motifs is 2. The summed E-state index contributed by atoms with van der Waals surface area (Å²) < 4.78 is 34.7. The molecule has 30 heavy (non-hydrogen) atoms. The molecule has 1 spiro atoms. The third-order valence-corrected chi connectivity index (χ3v) is 7.50. The number of hydrogen-bond acceptors (Lipinski definition) is 4. The van der Waals surface area contributed by atoms with Crippen LogP contribution >= 0.6 is 11.3 Å². The normalized spacial score (nSPS) is 19.5. The van der Waals surface area contributed by atoms with Crippen LogP contribution in [0.15, 0.2) is 29.6 Å². The zero-order chi connectivity index (χ0) is 21.3. The van der Waals surface area contributed by atoms with Crippen LogP contribution in [0.4, 0.5) is 8.78 Å². The van der Waals surface area contributed by atoms with Gasteiger partial charge in [0.05, 0.1) is 12.5 Å². The monoisotopic (exact) mass is 434 g/mol. The van der Waals surface area contributed by atoms with Gasteiger partial charge in [0.25, 0.3) is 0 Å². The van der Waals surface area contributed by atoms with Crippen LogP contribution in [-0.4, -0.2) is 56.0 Å². The second kappa shape index (κ2) is 8.73. The van der Waals surface area contributed by atoms with Crippen molar-refractivity contribution in [1.82, 2.24) is 9.80 Å². The number of carbonyl (C=O) groups is 1. The molecule has 162 valence electrons. The molecular weight excluding hydrogens is 406 g/mol. The fourth-order valence-corrected chi connectivity index (χ4v) is 5.87. The van der Waals surface area contributed by atoms with Gasteiger partial charge in [-0.25, -0.2) is 8.78 Å². The first-order chi connectivity index (χ1) is 14.4. The topological polar surface area (TPSA) is 32.8 Å². The van der Waals surface area contributed by atoms with Gasteiger partial charge in [0.1, 0.15) is 17.2 Å². The molecule has 0 bridgehead atoms. The molecule has 0 radical (unpaired) electrons. The molecule has 0 N–H and O–H groups in total. The number of ether oxygens (including phenoxy) is 1. The molecule has 4 rings (SSSR count). The van der Waals surface area contributed by atoms with E-state index in [2.05, 4.69) is 16.3 Å². The molecule has 1 atom stereocenters. The third-order valence-electron chi connectivity index (χ3n) is 6.35. The maximum Gasteiger partial charge on any atom is 0.226 e. The summed E-state index contributed by atoms with van der Waals surface area (Å²) in [6.07, 6.45) is 2.77. The predicted molar refractivity (Wildman–Crippen MR) is 114 cm³/mol. The van der Waals surface area contributed by atoms with Crippen molar-refractivity contribution >= 4 is 17.2 Å². The van der Waals surface area contributed by atoms with Gasteiger partial charge in [-0.05, 0) is 54.8 Å². The van der Waals surface area contributed by atoms with Gasteiger partial charge in [-0.3, -0.25) is 4.79 Å². The maximum absolute atomic E-state index is 14.2. The Morgan fingerprint density at radius 3 is 2.60 bits per heavy atom. The van der Waals surface area contributed by atoms with Crippen LogP contribution in [-0.2, 0) is 28.0 Å². The first kappa shape index (κ1) is 21.4. The molecule has 2 aliphatic rings. The number of nitrogens with zero attached hydrogens (tertiary/aromatic N) is 2. The van der Waals surface area contributed by atoms with Crippen LogP contribution in [0.1, 0.15) is 28.8 Å². The SMILES string of the molecule is CN(C)C(=O)C(Cc1c(F)cccc1F)CN1CCC2(CC1)OCCc1ccsc12. The number of thiophene rings is 1. The van der Waals surface area contributed by atoms with Crippen LogP contribution in [0.25, 0.3) is 0 Å². The molecule has 1 aromatic heterocycles. The Morgan fingerprint density at radius 1 is 1.23 bits per heavy atom. The van der Waals surface area contributed by atoms with Crippen molar-refractivity contribution in [2.45, 2.75) is 31.3 Å². The van der Waals surface area contributed by atoms with Crippen molar-refractivity contribution in [3.8, 4) is 0 Å². The van der Waals surface area contributed by atoms with E-state index in [0.717, 1.165) is 39.0 Å². The molecule has 4 nitrogen and oxygen atoms in total. The first-order valence-electron chi connectivity index (χ1n) is 10.5. The van der Waals surface area contributed by atoms with Gasteiger partial charge in [-0.2, -0.15) is 0 Å². The Balaban J connectivity index is 1.47. The maximum atomic E-state index is 14.2. The quantitative estimate of drug-likeness (QED) is 0.717. The van der Waals surface area contributed by atoms with Crippen molar-refractivity contribution in [1.29, 1.82) is 0 Å². The minimum absolute atomic E-state index is 0.00924. The van der Waals surface area contributed by atoms with E-state index in [1.165, 1.54) is 33.5 Å². The zero-order valence-electron chi connectivity index (χ0n) is 17.5. The molecule has 0 aliphatic carbocycles. The van der Waals surface area contributed by atoms with E-state index in [-0.39, 0.29) is 23.5 Å². The second-order valence-corrected chi connectivity index (χ2v) is 9.42. The van der Waals surface area contributed by atoms with E-state index in [4.69, 9.17) is 4.74 Å². The summed E-state index contributed by atoms with van der Waals surface area (Å²) in [5.41, 5.74) is 1.18. The number of piperidine rings is 1. The third kappa shape index (κ3) is 4.15. The van der Waals surface area contributed by atoms with Crippen molar-refractivity contribution in [3.63, 3.8) is 0 Å². The lowest BCUT2D eigenvalue weighted by Crippen LogP contribution is -2.48. The highest BCUT2D eigenvalue weighted by molar-refractivity contribution is 7.10. The van der Waals surface area contributed by atoms with Crippen molar-refractivity contribution in [2.75, 3.05) is 40.3 Å². The summed E-state index contributed by atoms with van der Waals surface area (Å²) in [7, 11) is 3.37. The predicted octanol–water partition coefficient (Wildman–Crippen LogP) is 3.84. The minimum atomic E-state index is -0.593. The van der Waals surface area contributed by atoms with E-state index < -0.39 is 17.6 Å². The number of likely N-dealkylation sites (tertiary alicyclic amines) is 1. The first-order valence-corrected chi connectivity index (χ1v) is 11.3. The van der Waals surface area contributed by atoms with Gasteiger partial charge < -0.3 is 14.5 Å². The number of carbonyl (C=O) groups excluding carboxylic acids is 1. The Kier molecular flexibility index (Phi) is 6.23. The van der Waals surface area contributed by atoms with Crippen molar-refractivity contribution in [3.05, 3.63) is 57.3 Å². The lowest BCUT2D eigenvalue weighted by atomic mass is 9.85. The molecule has 0 saturated carbocycles. The lowest BCUT2D eigenvalue weighted by Gasteiger charge is -2.44. The van der Waals surface area contributed by atoms with Crippen molar-refractivity contribution in [2.24, 2.45) is 5.92 Å². The van der Waals surface area contributed by atoms with Crippen LogP contribution < -0.4 is 0 Å². The molecular formula is C23H28F2N2O2S. The highest BCUT2D eigenvalue weighted by Gasteiger charge is 2.42. The standard InChI is InChI=1S/C23H28F2N2O2S/c1-26(2)22(28)17(14-18-19(24)4-3-5-20(18)25)15-27-10-8-23(9-11-27)21-16(6-12-29-23)7-13-30-21/h3-5,7,13,17H,6,8-12,14-15H2,1-2H3. The fourth-order valence-electron chi connectivity index (χ4n) is 4.70. The highest BCUT2D eigenvalue weighted by atomic mass is 32.1. The summed E-state index contributed by atoms with van der Waals surface area (Å²) in [6, 6.07) is 6.05. The summed E-state index contributed by atoms with van der Waals surface area (Å²) in [5, 5.41) is 2.14. The van der Waals surface area contributed by atoms with E-state index >= 15 is 0 Å². The Labute approximate surface area is 180 Å². The molecule has 2 aromatic rings. The van der Waals surface area contributed by atoms with Gasteiger partial charge in [0, 0.05) is 44.2 Å². The zero-order valence-corrected chi connectivity index (χ0v) is 18.3. The van der Waals surface area contributed by atoms with E-state index in [0.29, 0.717) is 6.54 Å². The van der Waals surface area contributed by atoms with Gasteiger partial charge >= 0.3 is 0 Å². The Hall–Kier alpha value is -1.83. The Bertz CT molecular complexity index is 886. The lowest BCUT2D eigenvalue weighted by molar-refractivity contribution is -0.134. The molecule has 2 aliphatic heterocycles. The largest absolute Gasteiger partial charge is 0.369 e. The van der Waals surface area contributed by atoms with Gasteiger partial charge in [0.2, 0.25) is 5.91 Å². The van der Waals surface area contributed by atoms with Crippen LogP contribution in [0.5, 0.6) is 0 Å². The number of benzene rings is 1. The van der Waals surface area contributed by atoms with Gasteiger partial charge in [-0.15, -0.1) is 11.3 Å². The Morgan fingerprint density at radius 2 is 1.93 bits per heavy atom. The molecule has 1 amide bonds. The molecule has 7 heteroatoms. The number of rotatable bonds is 5. The van der Waals surface area contributed by atoms with Crippen LogP contribution in [0, 0.1) is 17.6 Å². The van der Waals surface area contributed by atoms with Crippen LogP contribution in [0.3, 0.4) is 0 Å². The molecule has 3 heterocycles. The summed E-state index contributed by atoms with van der Waals surface area (Å²) in [5.74, 6) is -1.78. The minimum Gasteiger partial charge on any atom is -0.369 e.